The normalized spacial score (nSPS) is 31.9. The Hall–Kier alpha value is -0.0800. The molecule has 2 atom stereocenters. The van der Waals surface area contributed by atoms with Crippen molar-refractivity contribution in [2.45, 2.75) is 83.3 Å². The first-order valence-electron chi connectivity index (χ1n) is 9.00. The fourth-order valence-electron chi connectivity index (χ4n) is 4.72. The van der Waals surface area contributed by atoms with Gasteiger partial charge in [-0.15, -0.1) is 0 Å². The van der Waals surface area contributed by atoms with E-state index >= 15 is 0 Å². The molecule has 0 aromatic carbocycles. The molecule has 0 spiro atoms. The highest BCUT2D eigenvalue weighted by molar-refractivity contribution is 4.90. The molecule has 2 rings (SSSR count). The van der Waals surface area contributed by atoms with Crippen LogP contribution in [0.3, 0.4) is 0 Å². The lowest BCUT2D eigenvalue weighted by molar-refractivity contribution is -0.0129. The molecule has 2 unspecified atom stereocenters. The van der Waals surface area contributed by atoms with Crippen molar-refractivity contribution >= 4 is 0 Å². The zero-order valence-electron chi connectivity index (χ0n) is 13.9. The lowest BCUT2D eigenvalue weighted by Gasteiger charge is -2.41. The van der Waals surface area contributed by atoms with Crippen molar-refractivity contribution in [3.8, 4) is 0 Å². The lowest BCUT2D eigenvalue weighted by Crippen LogP contribution is -2.49. The van der Waals surface area contributed by atoms with Gasteiger partial charge in [0.05, 0.1) is 6.10 Å². The molecular formula is C18H35NO. The lowest BCUT2D eigenvalue weighted by atomic mass is 9.72. The number of rotatable bonds is 6. The zero-order chi connectivity index (χ0) is 14.4. The van der Waals surface area contributed by atoms with Crippen LogP contribution in [0.1, 0.15) is 71.1 Å². The molecule has 0 saturated heterocycles. The van der Waals surface area contributed by atoms with Crippen molar-refractivity contribution in [2.75, 3.05) is 14.2 Å². The number of methoxy groups -OCH3 is 1. The van der Waals surface area contributed by atoms with Crippen molar-refractivity contribution in [3.63, 3.8) is 0 Å². The molecule has 0 aliphatic heterocycles. The van der Waals surface area contributed by atoms with Crippen molar-refractivity contribution in [1.29, 1.82) is 0 Å². The van der Waals surface area contributed by atoms with E-state index in [1.165, 1.54) is 64.2 Å². The van der Waals surface area contributed by atoms with E-state index in [-0.39, 0.29) is 0 Å². The molecule has 1 N–H and O–H groups in total. The summed E-state index contributed by atoms with van der Waals surface area (Å²) in [4.78, 5) is 0. The van der Waals surface area contributed by atoms with Gasteiger partial charge in [-0.1, -0.05) is 45.4 Å². The smallest absolute Gasteiger partial charge is 0.0754 e. The van der Waals surface area contributed by atoms with E-state index in [1.807, 2.05) is 7.11 Å². The van der Waals surface area contributed by atoms with Gasteiger partial charge in [-0.2, -0.15) is 0 Å². The summed E-state index contributed by atoms with van der Waals surface area (Å²) >= 11 is 0. The maximum absolute atomic E-state index is 5.99. The molecule has 0 aromatic heterocycles. The first-order chi connectivity index (χ1) is 9.80. The first kappa shape index (κ1) is 16.3. The van der Waals surface area contributed by atoms with Gasteiger partial charge >= 0.3 is 0 Å². The fourth-order valence-corrected chi connectivity index (χ4v) is 4.72. The molecule has 2 aliphatic carbocycles. The maximum atomic E-state index is 5.99. The minimum Gasteiger partial charge on any atom is -0.380 e. The van der Waals surface area contributed by atoms with Gasteiger partial charge in [0.2, 0.25) is 0 Å². The van der Waals surface area contributed by atoms with Gasteiger partial charge in [0.1, 0.15) is 0 Å². The highest BCUT2D eigenvalue weighted by Gasteiger charge is 2.36. The largest absolute Gasteiger partial charge is 0.380 e. The molecule has 0 heterocycles. The third kappa shape index (κ3) is 3.98. The zero-order valence-corrected chi connectivity index (χ0v) is 13.9. The van der Waals surface area contributed by atoms with Crippen LogP contribution in [0.25, 0.3) is 0 Å². The van der Waals surface area contributed by atoms with E-state index in [4.69, 9.17) is 4.74 Å². The molecular weight excluding hydrogens is 246 g/mol. The van der Waals surface area contributed by atoms with Gasteiger partial charge in [-0.25, -0.2) is 0 Å². The molecule has 0 amide bonds. The maximum Gasteiger partial charge on any atom is 0.0754 e. The summed E-state index contributed by atoms with van der Waals surface area (Å²) in [5, 5.41) is 3.63. The number of likely N-dealkylation sites (N-methyl/N-ethyl adjacent to an activating group) is 1. The van der Waals surface area contributed by atoms with E-state index in [0.717, 1.165) is 17.8 Å². The van der Waals surface area contributed by atoms with E-state index in [1.54, 1.807) is 0 Å². The highest BCUT2D eigenvalue weighted by atomic mass is 16.5. The molecule has 118 valence electrons. The van der Waals surface area contributed by atoms with Crippen LogP contribution in [0.2, 0.25) is 0 Å². The second-order valence-electron chi connectivity index (χ2n) is 7.10. The van der Waals surface area contributed by atoms with Gasteiger partial charge in [-0.3, -0.25) is 0 Å². The third-order valence-corrected chi connectivity index (χ3v) is 6.05. The summed E-state index contributed by atoms with van der Waals surface area (Å²) < 4.78 is 5.99. The van der Waals surface area contributed by atoms with E-state index in [2.05, 4.69) is 19.3 Å². The minimum absolute atomic E-state index is 0.434. The van der Waals surface area contributed by atoms with E-state index < -0.39 is 0 Å². The summed E-state index contributed by atoms with van der Waals surface area (Å²) in [5.74, 6) is 2.60. The minimum atomic E-state index is 0.434. The quantitative estimate of drug-likeness (QED) is 0.780. The van der Waals surface area contributed by atoms with E-state index in [9.17, 15) is 0 Å². The Balaban J connectivity index is 1.94. The third-order valence-electron chi connectivity index (χ3n) is 6.05. The standard InChI is InChI=1S/C18H35NO/c1-4-14-10-12-15(13-11-14)17(19-2)18(20-3)16-8-6-5-7-9-16/h14-19H,4-13H2,1-3H3. The van der Waals surface area contributed by atoms with Crippen LogP contribution < -0.4 is 5.32 Å². The second kappa shape index (κ2) is 8.38. The molecule has 0 radical (unpaired) electrons. The van der Waals surface area contributed by atoms with Crippen molar-refractivity contribution in [2.24, 2.45) is 17.8 Å². The second-order valence-corrected chi connectivity index (χ2v) is 7.10. The molecule has 2 fully saturated rings. The summed E-state index contributed by atoms with van der Waals surface area (Å²) in [7, 11) is 4.08. The van der Waals surface area contributed by atoms with Crippen molar-refractivity contribution in [1.82, 2.24) is 5.32 Å². The molecule has 2 nitrogen and oxygen atoms in total. The number of hydrogen-bond donors (Lipinski definition) is 1. The van der Waals surface area contributed by atoms with Crippen molar-refractivity contribution < 1.29 is 4.74 Å². The Morgan fingerprint density at radius 1 is 0.950 bits per heavy atom. The molecule has 0 bridgehead atoms. The van der Waals surface area contributed by atoms with Crippen LogP contribution in [-0.2, 0) is 4.74 Å². The van der Waals surface area contributed by atoms with E-state index in [0.29, 0.717) is 12.1 Å². The van der Waals surface area contributed by atoms with Crippen molar-refractivity contribution in [3.05, 3.63) is 0 Å². The Morgan fingerprint density at radius 2 is 1.60 bits per heavy atom. The van der Waals surface area contributed by atoms with Crippen LogP contribution in [0.15, 0.2) is 0 Å². The summed E-state index contributed by atoms with van der Waals surface area (Å²) in [5.41, 5.74) is 0. The van der Waals surface area contributed by atoms with Crippen LogP contribution in [0, 0.1) is 17.8 Å². The molecule has 20 heavy (non-hydrogen) atoms. The number of nitrogens with one attached hydrogen (secondary N) is 1. The van der Waals surface area contributed by atoms with Crippen LogP contribution in [0.5, 0.6) is 0 Å². The number of ether oxygens (including phenoxy) is 1. The monoisotopic (exact) mass is 281 g/mol. The first-order valence-corrected chi connectivity index (χ1v) is 9.00. The van der Waals surface area contributed by atoms with Gasteiger partial charge in [0.25, 0.3) is 0 Å². The van der Waals surface area contributed by atoms with Gasteiger partial charge < -0.3 is 10.1 Å². The predicted octanol–water partition coefficient (Wildman–Crippen LogP) is 4.39. The van der Waals surface area contributed by atoms with Crippen LogP contribution in [0.4, 0.5) is 0 Å². The Labute approximate surface area is 126 Å². The van der Waals surface area contributed by atoms with Crippen LogP contribution in [-0.4, -0.2) is 26.3 Å². The Kier molecular flexibility index (Phi) is 6.83. The predicted molar refractivity (Wildman–Crippen MR) is 86.0 cm³/mol. The topological polar surface area (TPSA) is 21.3 Å². The molecule has 2 aliphatic rings. The fraction of sp³-hybridized carbons (Fsp3) is 1.00. The van der Waals surface area contributed by atoms with Gasteiger partial charge in [0.15, 0.2) is 0 Å². The molecule has 2 saturated carbocycles. The summed E-state index contributed by atoms with van der Waals surface area (Å²) in [6.07, 6.45) is 14.5. The highest BCUT2D eigenvalue weighted by Crippen LogP contribution is 2.37. The average Bonchev–Trinajstić information content (AvgIpc) is 2.53. The Bertz CT molecular complexity index is 254. The summed E-state index contributed by atoms with van der Waals surface area (Å²) in [6, 6.07) is 0.570. The SMILES string of the molecule is CCC1CCC(C(NC)C(OC)C2CCCCC2)CC1. The Morgan fingerprint density at radius 3 is 2.10 bits per heavy atom. The molecule has 2 heteroatoms. The summed E-state index contributed by atoms with van der Waals surface area (Å²) in [6.45, 7) is 2.35. The average molecular weight is 281 g/mol. The number of hydrogen-bond acceptors (Lipinski definition) is 2. The van der Waals surface area contributed by atoms with Crippen LogP contribution >= 0.6 is 0 Å². The van der Waals surface area contributed by atoms with Gasteiger partial charge in [-0.05, 0) is 50.5 Å². The molecule has 0 aromatic rings. The van der Waals surface area contributed by atoms with Gasteiger partial charge in [0, 0.05) is 13.2 Å².